The average molecular weight is 250 g/mol. The molecule has 0 aliphatic carbocycles. The lowest BCUT2D eigenvalue weighted by atomic mass is 10.2. The van der Waals surface area contributed by atoms with Crippen molar-refractivity contribution in [3.63, 3.8) is 0 Å². The van der Waals surface area contributed by atoms with E-state index in [1.165, 1.54) is 12.3 Å². The van der Waals surface area contributed by atoms with Crippen LogP contribution in [0.2, 0.25) is 0 Å². The summed E-state index contributed by atoms with van der Waals surface area (Å²) in [4.78, 5) is 21.5. The maximum absolute atomic E-state index is 13.1. The van der Waals surface area contributed by atoms with E-state index in [9.17, 15) is 19.3 Å². The summed E-state index contributed by atoms with van der Waals surface area (Å²) in [6.07, 6.45) is 1.42. The summed E-state index contributed by atoms with van der Waals surface area (Å²) in [5.41, 5.74) is -0.624. The molecule has 2 aromatic rings. The Morgan fingerprint density at radius 1 is 1.44 bits per heavy atom. The van der Waals surface area contributed by atoms with Gasteiger partial charge < -0.3 is 5.32 Å². The smallest absolute Gasteiger partial charge is 0.273 e. The topological polar surface area (TPSA) is 101 Å². The van der Waals surface area contributed by atoms with E-state index in [4.69, 9.17) is 0 Å². The highest BCUT2D eigenvalue weighted by Gasteiger charge is 2.15. The summed E-state index contributed by atoms with van der Waals surface area (Å²) in [6, 6.07) is 4.14. The lowest BCUT2D eigenvalue weighted by Gasteiger charge is -2.02. The highest BCUT2D eigenvalue weighted by molar-refractivity contribution is 6.04. The Hall–Kier alpha value is -2.77. The summed E-state index contributed by atoms with van der Waals surface area (Å²) in [6.45, 7) is 0. The molecule has 0 bridgehead atoms. The first-order valence-electron chi connectivity index (χ1n) is 4.82. The molecular weight excluding hydrogens is 243 g/mol. The van der Waals surface area contributed by atoms with E-state index in [1.807, 2.05) is 0 Å². The van der Waals surface area contributed by atoms with E-state index in [0.29, 0.717) is 5.82 Å². The second-order valence-corrected chi connectivity index (χ2v) is 3.38. The molecular formula is C10H7FN4O3. The fraction of sp³-hybridized carbons (Fsp3) is 0. The minimum Gasteiger partial charge on any atom is -0.307 e. The van der Waals surface area contributed by atoms with Crippen LogP contribution in [0, 0.1) is 15.9 Å². The summed E-state index contributed by atoms with van der Waals surface area (Å²) in [5.74, 6) is -1.20. The number of carbonyl (C=O) groups excluding carboxylic acids is 1. The van der Waals surface area contributed by atoms with E-state index in [-0.39, 0.29) is 5.56 Å². The van der Waals surface area contributed by atoms with Crippen molar-refractivity contribution in [2.45, 2.75) is 0 Å². The third-order valence-corrected chi connectivity index (χ3v) is 2.10. The maximum Gasteiger partial charge on any atom is 0.273 e. The van der Waals surface area contributed by atoms with Crippen molar-refractivity contribution in [2.24, 2.45) is 0 Å². The number of non-ortho nitro benzene ring substituents is 1. The summed E-state index contributed by atoms with van der Waals surface area (Å²) in [7, 11) is 0. The molecule has 2 N–H and O–H groups in total. The van der Waals surface area contributed by atoms with E-state index in [2.05, 4.69) is 15.5 Å². The molecule has 0 saturated carbocycles. The molecule has 0 unspecified atom stereocenters. The first-order chi connectivity index (χ1) is 8.56. The molecule has 0 aliphatic heterocycles. The summed E-state index contributed by atoms with van der Waals surface area (Å²) >= 11 is 0. The van der Waals surface area contributed by atoms with Gasteiger partial charge in [0.05, 0.1) is 17.2 Å². The lowest BCUT2D eigenvalue weighted by Crippen LogP contribution is -2.12. The van der Waals surface area contributed by atoms with E-state index in [1.54, 1.807) is 0 Å². The van der Waals surface area contributed by atoms with Crippen molar-refractivity contribution in [1.82, 2.24) is 10.2 Å². The van der Waals surface area contributed by atoms with Crippen LogP contribution >= 0.6 is 0 Å². The van der Waals surface area contributed by atoms with Crippen molar-refractivity contribution in [2.75, 3.05) is 5.32 Å². The largest absolute Gasteiger partial charge is 0.307 e. The van der Waals surface area contributed by atoms with Crippen LogP contribution in [0.15, 0.2) is 30.5 Å². The molecule has 0 radical (unpaired) electrons. The third kappa shape index (κ3) is 2.48. The Balaban J connectivity index is 2.27. The van der Waals surface area contributed by atoms with Gasteiger partial charge in [0.15, 0.2) is 0 Å². The molecule has 1 aromatic carbocycles. The van der Waals surface area contributed by atoms with Gasteiger partial charge in [-0.1, -0.05) is 0 Å². The summed E-state index contributed by atoms with van der Waals surface area (Å²) in [5, 5.41) is 19.0. The number of rotatable bonds is 3. The van der Waals surface area contributed by atoms with Gasteiger partial charge in [-0.3, -0.25) is 20.0 Å². The number of halogens is 1. The Kier molecular flexibility index (Phi) is 3.00. The number of amides is 1. The quantitative estimate of drug-likeness (QED) is 0.639. The monoisotopic (exact) mass is 250 g/mol. The minimum atomic E-state index is -0.848. The zero-order valence-electron chi connectivity index (χ0n) is 8.88. The van der Waals surface area contributed by atoms with Crippen molar-refractivity contribution in [3.05, 3.63) is 52.0 Å². The number of nitro groups is 1. The number of nitrogens with zero attached hydrogens (tertiary/aromatic N) is 2. The van der Waals surface area contributed by atoms with Gasteiger partial charge in [-0.05, 0) is 6.07 Å². The fourth-order valence-corrected chi connectivity index (χ4v) is 1.33. The van der Waals surface area contributed by atoms with Crippen LogP contribution in [-0.2, 0) is 0 Å². The van der Waals surface area contributed by atoms with Gasteiger partial charge in [-0.15, -0.1) is 0 Å². The third-order valence-electron chi connectivity index (χ3n) is 2.10. The van der Waals surface area contributed by atoms with Crippen LogP contribution in [0.25, 0.3) is 0 Å². The maximum atomic E-state index is 13.1. The number of anilines is 1. The highest BCUT2D eigenvalue weighted by atomic mass is 19.1. The number of nitrogens with one attached hydrogen (secondary N) is 2. The van der Waals surface area contributed by atoms with Crippen LogP contribution in [0.5, 0.6) is 0 Å². The SMILES string of the molecule is O=C(Nc1ccn[nH]1)c1cc(F)cc([N+](=O)[O-])c1. The second-order valence-electron chi connectivity index (χ2n) is 3.38. The average Bonchev–Trinajstić information content (AvgIpc) is 2.80. The second kappa shape index (κ2) is 4.62. The normalized spacial score (nSPS) is 10.1. The molecule has 92 valence electrons. The Labute approximate surface area is 99.8 Å². The molecule has 7 nitrogen and oxygen atoms in total. The van der Waals surface area contributed by atoms with Crippen molar-refractivity contribution in [1.29, 1.82) is 0 Å². The van der Waals surface area contributed by atoms with Crippen LogP contribution in [-0.4, -0.2) is 21.0 Å². The van der Waals surface area contributed by atoms with E-state index in [0.717, 1.165) is 18.2 Å². The van der Waals surface area contributed by atoms with Gasteiger partial charge in [0.1, 0.15) is 11.6 Å². The summed E-state index contributed by atoms with van der Waals surface area (Å²) < 4.78 is 13.1. The molecule has 0 fully saturated rings. The number of H-pyrrole nitrogens is 1. The van der Waals surface area contributed by atoms with Gasteiger partial charge in [-0.2, -0.15) is 5.10 Å². The van der Waals surface area contributed by atoms with Gasteiger partial charge in [-0.25, -0.2) is 4.39 Å². The predicted molar refractivity (Wildman–Crippen MR) is 59.6 cm³/mol. The first-order valence-corrected chi connectivity index (χ1v) is 4.82. The zero-order valence-corrected chi connectivity index (χ0v) is 8.88. The fourth-order valence-electron chi connectivity index (χ4n) is 1.33. The van der Waals surface area contributed by atoms with Gasteiger partial charge >= 0.3 is 0 Å². The Morgan fingerprint density at radius 3 is 2.83 bits per heavy atom. The molecule has 1 aromatic heterocycles. The number of carbonyl (C=O) groups is 1. The molecule has 0 aliphatic rings. The first kappa shape index (κ1) is 11.7. The van der Waals surface area contributed by atoms with Gasteiger partial charge in [0, 0.05) is 17.7 Å². The minimum absolute atomic E-state index is 0.142. The van der Waals surface area contributed by atoms with Crippen LogP contribution in [0.1, 0.15) is 10.4 Å². The molecule has 1 amide bonds. The standard InChI is InChI=1S/C10H7FN4O3/c11-7-3-6(4-8(5-7)15(17)18)10(16)13-9-1-2-12-14-9/h1-5H,(H2,12,13,14,16). The number of nitro benzene ring substituents is 1. The molecule has 8 heteroatoms. The number of aromatic nitrogens is 2. The molecule has 0 atom stereocenters. The predicted octanol–water partition coefficient (Wildman–Crippen LogP) is 1.71. The highest BCUT2D eigenvalue weighted by Crippen LogP contribution is 2.17. The van der Waals surface area contributed by atoms with Crippen LogP contribution in [0.4, 0.5) is 15.9 Å². The van der Waals surface area contributed by atoms with Crippen LogP contribution in [0.3, 0.4) is 0 Å². The number of benzene rings is 1. The molecule has 1 heterocycles. The lowest BCUT2D eigenvalue weighted by molar-refractivity contribution is -0.385. The van der Waals surface area contributed by atoms with Crippen molar-refractivity contribution < 1.29 is 14.1 Å². The number of hydrogen-bond donors (Lipinski definition) is 2. The zero-order chi connectivity index (χ0) is 13.1. The molecule has 18 heavy (non-hydrogen) atoms. The Morgan fingerprint density at radius 2 is 2.22 bits per heavy atom. The van der Waals surface area contributed by atoms with E-state index < -0.39 is 22.3 Å². The van der Waals surface area contributed by atoms with Crippen molar-refractivity contribution >= 4 is 17.4 Å². The van der Waals surface area contributed by atoms with Gasteiger partial charge in [0.2, 0.25) is 0 Å². The molecule has 2 rings (SSSR count). The van der Waals surface area contributed by atoms with Crippen LogP contribution < -0.4 is 5.32 Å². The Bertz CT molecular complexity index is 597. The number of hydrogen-bond acceptors (Lipinski definition) is 4. The van der Waals surface area contributed by atoms with Gasteiger partial charge in [0.25, 0.3) is 11.6 Å². The molecule has 0 spiro atoms. The van der Waals surface area contributed by atoms with E-state index >= 15 is 0 Å². The number of aromatic amines is 1. The molecule has 0 saturated heterocycles. The van der Waals surface area contributed by atoms with Crippen molar-refractivity contribution in [3.8, 4) is 0 Å².